The van der Waals surface area contributed by atoms with Crippen LogP contribution in [0.3, 0.4) is 0 Å². The number of fused-ring (bicyclic) bond motifs is 1. The van der Waals surface area contributed by atoms with Crippen molar-refractivity contribution in [3.8, 4) is 5.75 Å². The van der Waals surface area contributed by atoms with Crippen molar-refractivity contribution in [3.05, 3.63) is 42.1 Å². The summed E-state index contributed by atoms with van der Waals surface area (Å²) in [5.41, 5.74) is 2.25. The number of hydrogen-bond donors (Lipinski definition) is 2. The van der Waals surface area contributed by atoms with E-state index >= 15 is 0 Å². The summed E-state index contributed by atoms with van der Waals surface area (Å²) in [5, 5.41) is 3.98. The van der Waals surface area contributed by atoms with Gasteiger partial charge in [0.15, 0.2) is 0 Å². The Kier molecular flexibility index (Phi) is 4.23. The van der Waals surface area contributed by atoms with E-state index in [2.05, 4.69) is 10.3 Å². The van der Waals surface area contributed by atoms with Crippen LogP contribution in [0.4, 0.5) is 0 Å². The molecular weight excluding hydrogens is 240 g/mol. The number of amides is 1. The van der Waals surface area contributed by atoms with Crippen LogP contribution < -0.4 is 10.1 Å². The van der Waals surface area contributed by atoms with Gasteiger partial charge in [0.05, 0.1) is 7.11 Å². The van der Waals surface area contributed by atoms with Gasteiger partial charge in [0.2, 0.25) is 5.91 Å². The van der Waals surface area contributed by atoms with Gasteiger partial charge in [-0.15, -0.1) is 0 Å². The van der Waals surface area contributed by atoms with Crippen molar-refractivity contribution in [1.29, 1.82) is 0 Å². The highest BCUT2D eigenvalue weighted by molar-refractivity contribution is 5.87. The highest BCUT2D eigenvalue weighted by atomic mass is 16.5. The van der Waals surface area contributed by atoms with E-state index in [0.717, 1.165) is 23.1 Å². The Morgan fingerprint density at radius 2 is 2.32 bits per heavy atom. The zero-order valence-corrected chi connectivity index (χ0v) is 11.2. The molecule has 0 fully saturated rings. The highest BCUT2D eigenvalue weighted by Crippen LogP contribution is 2.23. The van der Waals surface area contributed by atoms with Crippen molar-refractivity contribution in [1.82, 2.24) is 10.3 Å². The molecule has 100 valence electrons. The lowest BCUT2D eigenvalue weighted by Gasteiger charge is -2.03. The molecule has 0 spiro atoms. The zero-order valence-electron chi connectivity index (χ0n) is 11.2. The first-order valence-corrected chi connectivity index (χ1v) is 6.29. The number of carbonyl (C=O) groups excluding carboxylic acids is 1. The molecule has 0 saturated carbocycles. The van der Waals surface area contributed by atoms with Gasteiger partial charge in [0.25, 0.3) is 0 Å². The fourth-order valence-electron chi connectivity index (χ4n) is 2.02. The first kappa shape index (κ1) is 13.2. The summed E-state index contributed by atoms with van der Waals surface area (Å²) < 4.78 is 5.23. The maximum atomic E-state index is 11.3. The Balaban J connectivity index is 2.06. The summed E-state index contributed by atoms with van der Waals surface area (Å²) in [7, 11) is 1.66. The van der Waals surface area contributed by atoms with Crippen LogP contribution in [0.2, 0.25) is 0 Å². The molecule has 0 bridgehead atoms. The molecular formula is C15H18N2O2. The van der Waals surface area contributed by atoms with Crippen molar-refractivity contribution in [3.63, 3.8) is 0 Å². The molecule has 2 N–H and O–H groups in total. The molecule has 1 aromatic carbocycles. The van der Waals surface area contributed by atoms with Crippen LogP contribution in [0.1, 0.15) is 12.5 Å². The summed E-state index contributed by atoms with van der Waals surface area (Å²) >= 11 is 0. The van der Waals surface area contributed by atoms with Gasteiger partial charge in [0.1, 0.15) is 5.75 Å². The van der Waals surface area contributed by atoms with Crippen molar-refractivity contribution >= 4 is 16.8 Å². The Hall–Kier alpha value is -2.23. The van der Waals surface area contributed by atoms with Gasteiger partial charge < -0.3 is 15.0 Å². The number of nitrogens with one attached hydrogen (secondary N) is 2. The number of rotatable bonds is 5. The van der Waals surface area contributed by atoms with Crippen molar-refractivity contribution in [2.75, 3.05) is 13.7 Å². The number of benzene rings is 1. The first-order chi connectivity index (χ1) is 9.24. The topological polar surface area (TPSA) is 54.1 Å². The molecule has 0 aliphatic rings. The minimum absolute atomic E-state index is 0.0556. The Morgan fingerprint density at radius 1 is 1.47 bits per heavy atom. The van der Waals surface area contributed by atoms with Gasteiger partial charge in [0, 0.05) is 23.6 Å². The van der Waals surface area contributed by atoms with E-state index in [1.807, 2.05) is 31.3 Å². The number of H-pyrrole nitrogens is 1. The lowest BCUT2D eigenvalue weighted by atomic mass is 10.1. The van der Waals surface area contributed by atoms with Crippen LogP contribution in [0.15, 0.2) is 36.5 Å². The second-order valence-corrected chi connectivity index (χ2v) is 4.27. The van der Waals surface area contributed by atoms with E-state index in [1.165, 1.54) is 11.6 Å². The number of methoxy groups -OCH3 is 1. The van der Waals surface area contributed by atoms with Crippen LogP contribution in [0.5, 0.6) is 5.75 Å². The van der Waals surface area contributed by atoms with Crippen LogP contribution in [0.25, 0.3) is 10.9 Å². The van der Waals surface area contributed by atoms with Crippen LogP contribution in [0, 0.1) is 0 Å². The van der Waals surface area contributed by atoms with Crippen molar-refractivity contribution < 1.29 is 9.53 Å². The number of ether oxygens (including phenoxy) is 1. The molecule has 0 aliphatic heterocycles. The molecule has 1 amide bonds. The molecule has 0 aliphatic carbocycles. The van der Waals surface area contributed by atoms with E-state index in [0.29, 0.717) is 6.54 Å². The molecule has 4 nitrogen and oxygen atoms in total. The van der Waals surface area contributed by atoms with E-state index in [-0.39, 0.29) is 5.91 Å². The van der Waals surface area contributed by atoms with E-state index < -0.39 is 0 Å². The van der Waals surface area contributed by atoms with Crippen molar-refractivity contribution in [2.45, 2.75) is 13.3 Å². The first-order valence-electron chi connectivity index (χ1n) is 6.29. The SMILES string of the molecule is C/C=C/C(=O)NCCc1c[nH]c2ccc(OC)cc12. The fraction of sp³-hybridized carbons (Fsp3) is 0.267. The predicted molar refractivity (Wildman–Crippen MR) is 76.4 cm³/mol. The van der Waals surface area contributed by atoms with Crippen LogP contribution in [-0.2, 0) is 11.2 Å². The molecule has 2 aromatic rings. The number of aromatic nitrogens is 1. The zero-order chi connectivity index (χ0) is 13.7. The van der Waals surface area contributed by atoms with Crippen LogP contribution in [-0.4, -0.2) is 24.5 Å². The maximum Gasteiger partial charge on any atom is 0.243 e. The Morgan fingerprint density at radius 3 is 3.05 bits per heavy atom. The maximum absolute atomic E-state index is 11.3. The smallest absolute Gasteiger partial charge is 0.243 e. The molecule has 4 heteroatoms. The third-order valence-electron chi connectivity index (χ3n) is 2.99. The average molecular weight is 258 g/mol. The van der Waals surface area contributed by atoms with Gasteiger partial charge >= 0.3 is 0 Å². The number of allylic oxidation sites excluding steroid dienone is 1. The molecule has 19 heavy (non-hydrogen) atoms. The molecule has 0 atom stereocenters. The number of hydrogen-bond acceptors (Lipinski definition) is 2. The van der Waals surface area contributed by atoms with E-state index in [1.54, 1.807) is 13.2 Å². The minimum Gasteiger partial charge on any atom is -0.497 e. The fourth-order valence-corrected chi connectivity index (χ4v) is 2.02. The minimum atomic E-state index is -0.0556. The summed E-state index contributed by atoms with van der Waals surface area (Å²) in [6.07, 6.45) is 6.02. The third kappa shape index (κ3) is 3.16. The predicted octanol–water partition coefficient (Wildman–Crippen LogP) is 2.41. The average Bonchev–Trinajstić information content (AvgIpc) is 2.81. The van der Waals surface area contributed by atoms with Gasteiger partial charge in [-0.05, 0) is 43.2 Å². The second kappa shape index (κ2) is 6.09. The second-order valence-electron chi connectivity index (χ2n) is 4.27. The van der Waals surface area contributed by atoms with Crippen molar-refractivity contribution in [2.24, 2.45) is 0 Å². The Bertz CT molecular complexity index is 599. The summed E-state index contributed by atoms with van der Waals surface area (Å²) in [6.45, 7) is 2.44. The highest BCUT2D eigenvalue weighted by Gasteiger charge is 2.05. The van der Waals surface area contributed by atoms with E-state index in [4.69, 9.17) is 4.74 Å². The van der Waals surface area contributed by atoms with Gasteiger partial charge in [-0.3, -0.25) is 4.79 Å². The molecule has 1 aromatic heterocycles. The largest absolute Gasteiger partial charge is 0.497 e. The lowest BCUT2D eigenvalue weighted by molar-refractivity contribution is -0.116. The quantitative estimate of drug-likeness (QED) is 0.809. The number of aromatic amines is 1. The molecule has 1 heterocycles. The van der Waals surface area contributed by atoms with E-state index in [9.17, 15) is 4.79 Å². The number of carbonyl (C=O) groups is 1. The Labute approximate surface area is 112 Å². The summed E-state index contributed by atoms with van der Waals surface area (Å²) in [5.74, 6) is 0.784. The standard InChI is InChI=1S/C15H18N2O2/c1-3-4-15(18)16-8-7-11-10-17-14-6-5-12(19-2)9-13(11)14/h3-6,9-10,17H,7-8H2,1-2H3,(H,16,18)/b4-3+. The summed E-state index contributed by atoms with van der Waals surface area (Å²) in [6, 6.07) is 5.93. The monoisotopic (exact) mass is 258 g/mol. The van der Waals surface area contributed by atoms with Gasteiger partial charge in [-0.1, -0.05) is 6.08 Å². The molecule has 0 radical (unpaired) electrons. The van der Waals surface area contributed by atoms with Gasteiger partial charge in [-0.25, -0.2) is 0 Å². The van der Waals surface area contributed by atoms with Gasteiger partial charge in [-0.2, -0.15) is 0 Å². The molecule has 0 unspecified atom stereocenters. The third-order valence-corrected chi connectivity index (χ3v) is 2.99. The molecule has 0 saturated heterocycles. The normalized spacial score (nSPS) is 11.1. The van der Waals surface area contributed by atoms with Crippen LogP contribution >= 0.6 is 0 Å². The summed E-state index contributed by atoms with van der Waals surface area (Å²) in [4.78, 5) is 14.5. The lowest BCUT2D eigenvalue weighted by Crippen LogP contribution is -2.23. The molecule has 2 rings (SSSR count).